The molecule has 0 aromatic rings. The number of aliphatic carboxylic acids is 1. The standard InChI is InChI=1S/C12H22N2O4/c15-9-10-3-2-6-14(7-10)8-11(16)13-5-1-4-12(17)18/h10,15H,1-9H2,(H,13,16)(H,17,18). The van der Waals surface area contributed by atoms with Crippen molar-refractivity contribution in [2.75, 3.05) is 32.8 Å². The molecule has 0 bridgehead atoms. The first kappa shape index (κ1) is 14.9. The topological polar surface area (TPSA) is 89.9 Å². The van der Waals surface area contributed by atoms with E-state index in [0.717, 1.165) is 25.9 Å². The van der Waals surface area contributed by atoms with Gasteiger partial charge < -0.3 is 15.5 Å². The number of likely N-dealkylation sites (tertiary alicyclic amines) is 1. The van der Waals surface area contributed by atoms with E-state index in [1.807, 2.05) is 4.90 Å². The van der Waals surface area contributed by atoms with E-state index in [2.05, 4.69) is 5.32 Å². The minimum absolute atomic E-state index is 0.0704. The van der Waals surface area contributed by atoms with E-state index >= 15 is 0 Å². The third-order valence-electron chi connectivity index (χ3n) is 3.12. The van der Waals surface area contributed by atoms with Gasteiger partial charge >= 0.3 is 5.97 Å². The van der Waals surface area contributed by atoms with Crippen molar-refractivity contribution in [1.29, 1.82) is 0 Å². The van der Waals surface area contributed by atoms with E-state index in [4.69, 9.17) is 10.2 Å². The maximum atomic E-state index is 11.6. The van der Waals surface area contributed by atoms with Gasteiger partial charge in [0, 0.05) is 26.1 Å². The number of aliphatic hydroxyl groups is 1. The number of carboxylic acid groups (broad SMARTS) is 1. The molecule has 1 aliphatic heterocycles. The lowest BCUT2D eigenvalue weighted by Gasteiger charge is -2.31. The Morgan fingerprint density at radius 3 is 2.83 bits per heavy atom. The zero-order valence-electron chi connectivity index (χ0n) is 10.6. The van der Waals surface area contributed by atoms with E-state index < -0.39 is 5.97 Å². The summed E-state index contributed by atoms with van der Waals surface area (Å²) in [6.07, 6.45) is 2.57. The van der Waals surface area contributed by atoms with Crippen LogP contribution in [0.2, 0.25) is 0 Å². The number of hydrogen-bond donors (Lipinski definition) is 3. The van der Waals surface area contributed by atoms with E-state index in [9.17, 15) is 9.59 Å². The number of carbonyl (C=O) groups excluding carboxylic acids is 1. The number of rotatable bonds is 7. The molecule has 0 radical (unpaired) electrons. The van der Waals surface area contributed by atoms with Crippen LogP contribution in [0, 0.1) is 5.92 Å². The van der Waals surface area contributed by atoms with Crippen LogP contribution in [0.25, 0.3) is 0 Å². The fraction of sp³-hybridized carbons (Fsp3) is 0.833. The highest BCUT2D eigenvalue weighted by Crippen LogP contribution is 2.14. The van der Waals surface area contributed by atoms with Crippen LogP contribution in [0.3, 0.4) is 0 Å². The first-order chi connectivity index (χ1) is 8.61. The number of aliphatic hydroxyl groups excluding tert-OH is 1. The van der Waals surface area contributed by atoms with E-state index in [1.165, 1.54) is 0 Å². The van der Waals surface area contributed by atoms with Gasteiger partial charge in [-0.15, -0.1) is 0 Å². The predicted molar refractivity (Wildman–Crippen MR) is 66.1 cm³/mol. The molecule has 1 aliphatic rings. The second-order valence-corrected chi connectivity index (χ2v) is 4.77. The molecule has 0 spiro atoms. The van der Waals surface area contributed by atoms with Crippen LogP contribution in [0.5, 0.6) is 0 Å². The first-order valence-corrected chi connectivity index (χ1v) is 6.43. The number of piperidine rings is 1. The number of carbonyl (C=O) groups is 2. The van der Waals surface area contributed by atoms with Gasteiger partial charge in [0.25, 0.3) is 0 Å². The highest BCUT2D eigenvalue weighted by atomic mass is 16.4. The normalized spacial score (nSPS) is 20.6. The van der Waals surface area contributed by atoms with Crippen molar-refractivity contribution in [3.63, 3.8) is 0 Å². The highest BCUT2D eigenvalue weighted by molar-refractivity contribution is 5.78. The fourth-order valence-corrected chi connectivity index (χ4v) is 2.17. The molecular formula is C12H22N2O4. The van der Waals surface area contributed by atoms with Crippen LogP contribution in [-0.2, 0) is 9.59 Å². The number of amides is 1. The zero-order chi connectivity index (χ0) is 13.4. The van der Waals surface area contributed by atoms with Gasteiger partial charge in [0.15, 0.2) is 0 Å². The molecular weight excluding hydrogens is 236 g/mol. The Morgan fingerprint density at radius 2 is 2.17 bits per heavy atom. The molecule has 1 saturated heterocycles. The van der Waals surface area contributed by atoms with Crippen molar-refractivity contribution in [2.45, 2.75) is 25.7 Å². The van der Waals surface area contributed by atoms with Gasteiger partial charge in [-0.05, 0) is 31.7 Å². The van der Waals surface area contributed by atoms with Gasteiger partial charge in [-0.3, -0.25) is 14.5 Å². The summed E-state index contributed by atoms with van der Waals surface area (Å²) in [5.41, 5.74) is 0. The summed E-state index contributed by atoms with van der Waals surface area (Å²) in [5, 5.41) is 20.2. The quantitative estimate of drug-likeness (QED) is 0.544. The Kier molecular flexibility index (Phi) is 6.67. The molecule has 0 aromatic heterocycles. The monoisotopic (exact) mass is 258 g/mol. The smallest absolute Gasteiger partial charge is 0.303 e. The molecule has 1 atom stereocenters. The average Bonchev–Trinajstić information content (AvgIpc) is 2.34. The van der Waals surface area contributed by atoms with Crippen LogP contribution in [0.1, 0.15) is 25.7 Å². The Balaban J connectivity index is 2.13. The second kappa shape index (κ2) is 8.05. The minimum Gasteiger partial charge on any atom is -0.481 e. The summed E-state index contributed by atoms with van der Waals surface area (Å²) in [4.78, 5) is 23.9. The van der Waals surface area contributed by atoms with Gasteiger partial charge in [-0.2, -0.15) is 0 Å². The SMILES string of the molecule is O=C(O)CCCNC(=O)CN1CCCC(CO)C1. The van der Waals surface area contributed by atoms with E-state index in [1.54, 1.807) is 0 Å². The van der Waals surface area contributed by atoms with Crippen LogP contribution >= 0.6 is 0 Å². The van der Waals surface area contributed by atoms with Gasteiger partial charge in [0.1, 0.15) is 0 Å². The third-order valence-corrected chi connectivity index (χ3v) is 3.12. The third kappa shape index (κ3) is 5.97. The van der Waals surface area contributed by atoms with Gasteiger partial charge in [-0.25, -0.2) is 0 Å². The van der Waals surface area contributed by atoms with E-state index in [-0.39, 0.29) is 24.9 Å². The molecule has 1 rings (SSSR count). The van der Waals surface area contributed by atoms with Crippen LogP contribution in [-0.4, -0.2) is 59.8 Å². The summed E-state index contributed by atoms with van der Waals surface area (Å²) in [7, 11) is 0. The average molecular weight is 258 g/mol. The lowest BCUT2D eigenvalue weighted by molar-refractivity contribution is -0.137. The fourth-order valence-electron chi connectivity index (χ4n) is 2.17. The Bertz CT molecular complexity index is 283. The van der Waals surface area contributed by atoms with Crippen molar-refractivity contribution in [1.82, 2.24) is 10.2 Å². The van der Waals surface area contributed by atoms with Gasteiger partial charge in [0.2, 0.25) is 5.91 Å². The minimum atomic E-state index is -0.842. The zero-order valence-corrected chi connectivity index (χ0v) is 10.6. The number of hydrogen-bond acceptors (Lipinski definition) is 4. The molecule has 0 aromatic carbocycles. The number of carboxylic acids is 1. The summed E-state index contributed by atoms with van der Waals surface area (Å²) < 4.78 is 0. The highest BCUT2D eigenvalue weighted by Gasteiger charge is 2.20. The van der Waals surface area contributed by atoms with Crippen LogP contribution in [0.15, 0.2) is 0 Å². The molecule has 6 nitrogen and oxygen atoms in total. The molecule has 0 aliphatic carbocycles. The molecule has 1 amide bonds. The molecule has 104 valence electrons. The Hall–Kier alpha value is -1.14. The molecule has 1 unspecified atom stereocenters. The van der Waals surface area contributed by atoms with Crippen molar-refractivity contribution in [2.24, 2.45) is 5.92 Å². The molecule has 0 saturated carbocycles. The number of nitrogens with one attached hydrogen (secondary N) is 1. The van der Waals surface area contributed by atoms with Crippen molar-refractivity contribution in [3.05, 3.63) is 0 Å². The van der Waals surface area contributed by atoms with Gasteiger partial charge in [0.05, 0.1) is 6.54 Å². The molecule has 3 N–H and O–H groups in total. The maximum Gasteiger partial charge on any atom is 0.303 e. The molecule has 1 fully saturated rings. The van der Waals surface area contributed by atoms with Crippen LogP contribution in [0.4, 0.5) is 0 Å². The van der Waals surface area contributed by atoms with Crippen LogP contribution < -0.4 is 5.32 Å². The molecule has 18 heavy (non-hydrogen) atoms. The van der Waals surface area contributed by atoms with Crippen molar-refractivity contribution in [3.8, 4) is 0 Å². The largest absolute Gasteiger partial charge is 0.481 e. The van der Waals surface area contributed by atoms with Crippen molar-refractivity contribution < 1.29 is 19.8 Å². The predicted octanol–water partition coefficient (Wildman–Crippen LogP) is -0.328. The second-order valence-electron chi connectivity index (χ2n) is 4.77. The molecule has 1 heterocycles. The van der Waals surface area contributed by atoms with Gasteiger partial charge in [-0.1, -0.05) is 0 Å². The lowest BCUT2D eigenvalue weighted by atomic mass is 9.99. The summed E-state index contributed by atoms with van der Waals surface area (Å²) in [6, 6.07) is 0. The van der Waals surface area contributed by atoms with E-state index in [0.29, 0.717) is 19.5 Å². The molecule has 6 heteroatoms. The summed E-state index contributed by atoms with van der Waals surface area (Å²) in [5.74, 6) is -0.636. The number of nitrogens with zero attached hydrogens (tertiary/aromatic N) is 1. The Morgan fingerprint density at radius 1 is 1.39 bits per heavy atom. The lowest BCUT2D eigenvalue weighted by Crippen LogP contribution is -2.43. The first-order valence-electron chi connectivity index (χ1n) is 6.43. The summed E-state index contributed by atoms with van der Waals surface area (Å²) in [6.45, 7) is 2.57. The Labute approximate surface area is 107 Å². The maximum absolute atomic E-state index is 11.6. The van der Waals surface area contributed by atoms with Crippen molar-refractivity contribution >= 4 is 11.9 Å². The summed E-state index contributed by atoms with van der Waals surface area (Å²) >= 11 is 0.